The van der Waals surface area contributed by atoms with Crippen LogP contribution in [0.15, 0.2) is 48.5 Å². The maximum Gasteiger partial charge on any atom is 0.253 e. The molecule has 3 heteroatoms. The Balaban J connectivity index is 1.99. The van der Waals surface area contributed by atoms with E-state index < -0.39 is 6.10 Å². The number of carbonyl (C=O) groups is 1. The fourth-order valence-electron chi connectivity index (χ4n) is 1.97. The largest absolute Gasteiger partial charge is 0.378 e. The molecule has 0 fully saturated rings. The molecule has 1 unspecified atom stereocenters. The first-order chi connectivity index (χ1) is 9.58. The van der Waals surface area contributed by atoms with Gasteiger partial charge in [0.05, 0.1) is 0 Å². The van der Waals surface area contributed by atoms with Crippen molar-refractivity contribution < 1.29 is 9.90 Å². The Morgan fingerprint density at radius 3 is 2.45 bits per heavy atom. The molecule has 0 heterocycles. The third-order valence-corrected chi connectivity index (χ3v) is 3.40. The lowest BCUT2D eigenvalue weighted by Crippen LogP contribution is -2.28. The van der Waals surface area contributed by atoms with Gasteiger partial charge in [-0.3, -0.25) is 4.79 Å². The number of aliphatic hydroxyl groups is 1. The highest BCUT2D eigenvalue weighted by Gasteiger charge is 2.17. The molecule has 2 rings (SSSR count). The second-order valence-corrected chi connectivity index (χ2v) is 4.95. The third-order valence-electron chi connectivity index (χ3n) is 3.40. The molecule has 2 aromatic carbocycles. The molecule has 0 saturated carbocycles. The Labute approximate surface area is 119 Å². The van der Waals surface area contributed by atoms with Gasteiger partial charge in [0.1, 0.15) is 0 Å². The number of benzene rings is 2. The van der Waals surface area contributed by atoms with Gasteiger partial charge in [0.15, 0.2) is 6.10 Å². The summed E-state index contributed by atoms with van der Waals surface area (Å²) in [6, 6.07) is 15.2. The molecule has 0 aliphatic heterocycles. The zero-order valence-electron chi connectivity index (χ0n) is 11.8. The zero-order chi connectivity index (χ0) is 14.5. The molecule has 2 aromatic rings. The van der Waals surface area contributed by atoms with Crippen molar-refractivity contribution in [1.82, 2.24) is 5.32 Å². The normalized spacial score (nSPS) is 11.9. The number of rotatable bonds is 4. The minimum absolute atomic E-state index is 0.378. The minimum Gasteiger partial charge on any atom is -0.378 e. The van der Waals surface area contributed by atoms with E-state index in [0.717, 1.165) is 16.7 Å². The summed E-state index contributed by atoms with van der Waals surface area (Å²) in [6.07, 6.45) is -1.13. The van der Waals surface area contributed by atoms with Crippen LogP contribution in [0.1, 0.15) is 28.4 Å². The Bertz CT molecular complexity index is 593. The van der Waals surface area contributed by atoms with Crippen molar-refractivity contribution in [1.29, 1.82) is 0 Å². The van der Waals surface area contributed by atoms with Gasteiger partial charge in [-0.1, -0.05) is 48.5 Å². The molecule has 2 N–H and O–H groups in total. The van der Waals surface area contributed by atoms with Crippen LogP contribution in [-0.2, 0) is 11.3 Å². The lowest BCUT2D eigenvalue weighted by Gasteiger charge is -2.13. The highest BCUT2D eigenvalue weighted by atomic mass is 16.3. The number of carbonyl (C=O) groups excluding carboxylic acids is 1. The maximum atomic E-state index is 12.0. The Morgan fingerprint density at radius 2 is 1.80 bits per heavy atom. The summed E-state index contributed by atoms with van der Waals surface area (Å²) in [5.41, 5.74) is 3.84. The van der Waals surface area contributed by atoms with E-state index in [0.29, 0.717) is 12.1 Å². The van der Waals surface area contributed by atoms with Crippen LogP contribution in [0.5, 0.6) is 0 Å². The van der Waals surface area contributed by atoms with Gasteiger partial charge in [-0.25, -0.2) is 0 Å². The van der Waals surface area contributed by atoms with E-state index in [1.165, 1.54) is 0 Å². The minimum atomic E-state index is -1.13. The molecule has 0 radical (unpaired) electrons. The number of hydrogen-bond donors (Lipinski definition) is 2. The number of amides is 1. The van der Waals surface area contributed by atoms with E-state index in [4.69, 9.17) is 0 Å². The van der Waals surface area contributed by atoms with Crippen molar-refractivity contribution in [2.24, 2.45) is 0 Å². The first kappa shape index (κ1) is 14.3. The monoisotopic (exact) mass is 269 g/mol. The number of aliphatic hydroxyl groups excluding tert-OH is 1. The van der Waals surface area contributed by atoms with Gasteiger partial charge in [0.25, 0.3) is 5.91 Å². The second-order valence-electron chi connectivity index (χ2n) is 4.95. The molecule has 0 bridgehead atoms. The fourth-order valence-corrected chi connectivity index (χ4v) is 1.97. The van der Waals surface area contributed by atoms with E-state index in [9.17, 15) is 9.90 Å². The van der Waals surface area contributed by atoms with Crippen LogP contribution >= 0.6 is 0 Å². The van der Waals surface area contributed by atoms with E-state index in [2.05, 4.69) is 5.32 Å². The average molecular weight is 269 g/mol. The molecule has 0 saturated heterocycles. The van der Waals surface area contributed by atoms with Crippen molar-refractivity contribution in [3.05, 3.63) is 70.8 Å². The molecule has 104 valence electrons. The van der Waals surface area contributed by atoms with Crippen LogP contribution < -0.4 is 5.32 Å². The van der Waals surface area contributed by atoms with Crippen molar-refractivity contribution in [3.63, 3.8) is 0 Å². The summed E-state index contributed by atoms with van der Waals surface area (Å²) >= 11 is 0. The molecule has 1 amide bonds. The van der Waals surface area contributed by atoms with Gasteiger partial charge in [0, 0.05) is 6.54 Å². The Kier molecular flexibility index (Phi) is 4.53. The smallest absolute Gasteiger partial charge is 0.253 e. The first-order valence-corrected chi connectivity index (χ1v) is 6.65. The summed E-state index contributed by atoms with van der Waals surface area (Å²) in [4.78, 5) is 12.0. The van der Waals surface area contributed by atoms with Gasteiger partial charge in [-0.15, -0.1) is 0 Å². The summed E-state index contributed by atoms with van der Waals surface area (Å²) in [6.45, 7) is 4.38. The lowest BCUT2D eigenvalue weighted by atomic mass is 10.0. The van der Waals surface area contributed by atoms with Crippen LogP contribution in [0.4, 0.5) is 0 Å². The summed E-state index contributed by atoms with van der Waals surface area (Å²) < 4.78 is 0. The van der Waals surface area contributed by atoms with Gasteiger partial charge < -0.3 is 10.4 Å². The molecular weight excluding hydrogens is 250 g/mol. The van der Waals surface area contributed by atoms with Crippen LogP contribution in [0.3, 0.4) is 0 Å². The average Bonchev–Trinajstić information content (AvgIpc) is 2.48. The number of aryl methyl sites for hydroxylation is 2. The Morgan fingerprint density at radius 1 is 1.10 bits per heavy atom. The predicted molar refractivity (Wildman–Crippen MR) is 79.2 cm³/mol. The number of hydrogen-bond acceptors (Lipinski definition) is 2. The van der Waals surface area contributed by atoms with Crippen LogP contribution in [0.2, 0.25) is 0 Å². The van der Waals surface area contributed by atoms with E-state index >= 15 is 0 Å². The zero-order valence-corrected chi connectivity index (χ0v) is 11.8. The summed E-state index contributed by atoms with van der Waals surface area (Å²) in [7, 11) is 0. The summed E-state index contributed by atoms with van der Waals surface area (Å²) in [5.74, 6) is -0.378. The molecule has 0 spiro atoms. The SMILES string of the molecule is Cc1ccc(C(O)C(=O)NCc2ccccc2)cc1C. The molecule has 3 nitrogen and oxygen atoms in total. The third kappa shape index (κ3) is 3.45. The van der Waals surface area contributed by atoms with Gasteiger partial charge in [0.2, 0.25) is 0 Å². The van der Waals surface area contributed by atoms with Crippen LogP contribution in [0.25, 0.3) is 0 Å². The van der Waals surface area contributed by atoms with Crippen molar-refractivity contribution in [2.45, 2.75) is 26.5 Å². The Hall–Kier alpha value is -2.13. The lowest BCUT2D eigenvalue weighted by molar-refractivity contribution is -0.129. The van der Waals surface area contributed by atoms with Crippen LogP contribution in [0, 0.1) is 13.8 Å². The standard InChI is InChI=1S/C17H19NO2/c1-12-8-9-15(10-13(12)2)16(19)17(20)18-11-14-6-4-3-5-7-14/h3-10,16,19H,11H2,1-2H3,(H,18,20). The van der Waals surface area contributed by atoms with Crippen LogP contribution in [-0.4, -0.2) is 11.0 Å². The molecule has 0 aromatic heterocycles. The molecule has 20 heavy (non-hydrogen) atoms. The molecular formula is C17H19NO2. The first-order valence-electron chi connectivity index (χ1n) is 6.65. The highest BCUT2D eigenvalue weighted by Crippen LogP contribution is 2.17. The van der Waals surface area contributed by atoms with E-state index in [-0.39, 0.29) is 5.91 Å². The highest BCUT2D eigenvalue weighted by molar-refractivity contribution is 5.81. The molecule has 0 aliphatic rings. The second kappa shape index (κ2) is 6.35. The molecule has 1 atom stereocenters. The molecule has 0 aliphatic carbocycles. The van der Waals surface area contributed by atoms with Crippen molar-refractivity contribution >= 4 is 5.91 Å². The maximum absolute atomic E-state index is 12.0. The quantitative estimate of drug-likeness (QED) is 0.896. The van der Waals surface area contributed by atoms with Crippen molar-refractivity contribution in [2.75, 3.05) is 0 Å². The van der Waals surface area contributed by atoms with E-state index in [1.807, 2.05) is 56.3 Å². The number of nitrogens with one attached hydrogen (secondary N) is 1. The topological polar surface area (TPSA) is 49.3 Å². The van der Waals surface area contributed by atoms with E-state index in [1.54, 1.807) is 6.07 Å². The van der Waals surface area contributed by atoms with Crippen molar-refractivity contribution in [3.8, 4) is 0 Å². The van der Waals surface area contributed by atoms with Gasteiger partial charge in [-0.2, -0.15) is 0 Å². The fraction of sp³-hybridized carbons (Fsp3) is 0.235. The predicted octanol–water partition coefficient (Wildman–Crippen LogP) is 2.65. The van der Waals surface area contributed by atoms with Gasteiger partial charge >= 0.3 is 0 Å². The summed E-state index contributed by atoms with van der Waals surface area (Å²) in [5, 5.41) is 12.8. The van der Waals surface area contributed by atoms with Gasteiger partial charge in [-0.05, 0) is 36.1 Å².